The van der Waals surface area contributed by atoms with Crippen LogP contribution in [-0.4, -0.2) is 51.1 Å². The molecule has 3 rings (SSSR count). The Labute approximate surface area is 237 Å². The number of rotatable bonds is 10. The second-order valence-electron chi connectivity index (χ2n) is 12.7. The van der Waals surface area contributed by atoms with Gasteiger partial charge in [-0.15, -0.1) is 0 Å². The van der Waals surface area contributed by atoms with Gasteiger partial charge in [-0.3, -0.25) is 9.59 Å². The number of esters is 1. The van der Waals surface area contributed by atoms with Crippen molar-refractivity contribution < 1.29 is 27.1 Å². The van der Waals surface area contributed by atoms with Crippen LogP contribution in [0.2, 0.25) is 0 Å². The Morgan fingerprint density at radius 3 is 2.40 bits per heavy atom. The molecule has 1 aliphatic heterocycles. The van der Waals surface area contributed by atoms with E-state index in [9.17, 15) is 22.4 Å². The number of ether oxygens (including phenoxy) is 1. The van der Waals surface area contributed by atoms with Crippen molar-refractivity contribution in [2.45, 2.75) is 90.3 Å². The lowest BCUT2D eigenvalue weighted by atomic mass is 9.88. The Balaban J connectivity index is 1.85. The van der Waals surface area contributed by atoms with E-state index in [1.807, 2.05) is 25.7 Å². The molecule has 1 aliphatic rings. The number of nitrogens with one attached hydrogen (secondary N) is 2. The average Bonchev–Trinajstić information content (AvgIpc) is 3.17. The summed E-state index contributed by atoms with van der Waals surface area (Å²) in [5, 5.41) is 2.93. The summed E-state index contributed by atoms with van der Waals surface area (Å²) < 4.78 is 48.4. The number of anilines is 1. The summed E-state index contributed by atoms with van der Waals surface area (Å²) in [7, 11) is -4.00. The molecule has 0 saturated carbocycles. The largest absolute Gasteiger partial charge is 0.460 e. The molecule has 40 heavy (non-hydrogen) atoms. The van der Waals surface area contributed by atoms with Crippen molar-refractivity contribution in [2.24, 2.45) is 5.41 Å². The van der Waals surface area contributed by atoms with Crippen molar-refractivity contribution in [1.29, 1.82) is 0 Å². The smallest absolute Gasteiger partial charge is 0.308 e. The van der Waals surface area contributed by atoms with Crippen molar-refractivity contribution in [3.05, 3.63) is 59.4 Å². The van der Waals surface area contributed by atoms with E-state index in [0.717, 1.165) is 16.8 Å². The summed E-state index contributed by atoms with van der Waals surface area (Å²) in [6.45, 7) is 13.7. The lowest BCUT2D eigenvalue weighted by molar-refractivity contribution is -0.155. The Kier molecular flexibility index (Phi) is 9.67. The van der Waals surface area contributed by atoms with Crippen LogP contribution in [0, 0.1) is 18.2 Å². The fourth-order valence-electron chi connectivity index (χ4n) is 4.78. The highest BCUT2D eigenvalue weighted by atomic mass is 32.2. The topological polar surface area (TPSA) is 105 Å². The van der Waals surface area contributed by atoms with Gasteiger partial charge in [0.05, 0.1) is 17.4 Å². The first kappa shape index (κ1) is 31.5. The molecule has 0 unspecified atom stereocenters. The van der Waals surface area contributed by atoms with Crippen LogP contribution in [0.3, 0.4) is 0 Å². The first-order valence-corrected chi connectivity index (χ1v) is 15.0. The molecule has 8 nitrogen and oxygen atoms in total. The first-order valence-electron chi connectivity index (χ1n) is 13.6. The molecule has 0 spiro atoms. The SMILES string of the molecule is Cc1cccc(S(=O)(=O)N[C@@H](CC(C)(C)C)C(=O)N[C@@H](CC(=O)OC(C)(C)C)CN2CCc3cc(F)ccc32)c1. The zero-order valence-electron chi connectivity index (χ0n) is 24.5. The highest BCUT2D eigenvalue weighted by Gasteiger charge is 2.33. The minimum absolute atomic E-state index is 0.0745. The fourth-order valence-corrected chi connectivity index (χ4v) is 6.08. The van der Waals surface area contributed by atoms with E-state index in [-0.39, 0.29) is 35.5 Å². The van der Waals surface area contributed by atoms with Gasteiger partial charge in [-0.05, 0) is 87.4 Å². The van der Waals surface area contributed by atoms with E-state index in [2.05, 4.69) is 10.0 Å². The summed E-state index contributed by atoms with van der Waals surface area (Å²) in [6, 6.07) is 9.31. The third-order valence-corrected chi connectivity index (χ3v) is 7.85. The van der Waals surface area contributed by atoms with E-state index in [1.165, 1.54) is 18.2 Å². The molecule has 1 heterocycles. The molecule has 0 aromatic heterocycles. The number of sulfonamides is 1. The highest BCUT2D eigenvalue weighted by Crippen LogP contribution is 2.29. The zero-order chi connectivity index (χ0) is 29.9. The van der Waals surface area contributed by atoms with Gasteiger partial charge in [0.2, 0.25) is 15.9 Å². The van der Waals surface area contributed by atoms with Gasteiger partial charge in [-0.2, -0.15) is 4.72 Å². The van der Waals surface area contributed by atoms with Gasteiger partial charge in [0, 0.05) is 18.8 Å². The number of aryl methyl sites for hydroxylation is 1. The molecule has 1 amide bonds. The number of fused-ring (bicyclic) bond motifs is 1. The summed E-state index contributed by atoms with van der Waals surface area (Å²) >= 11 is 0. The van der Waals surface area contributed by atoms with Crippen molar-refractivity contribution in [3.8, 4) is 0 Å². The van der Waals surface area contributed by atoms with Crippen LogP contribution in [-0.2, 0) is 30.8 Å². The van der Waals surface area contributed by atoms with Gasteiger partial charge in [0.1, 0.15) is 17.5 Å². The number of halogens is 1. The molecule has 0 bridgehead atoms. The lowest BCUT2D eigenvalue weighted by Crippen LogP contribution is -2.53. The molecular formula is C30H42FN3O5S. The number of nitrogens with zero attached hydrogens (tertiary/aromatic N) is 1. The van der Waals surface area contributed by atoms with Crippen LogP contribution in [0.4, 0.5) is 10.1 Å². The summed E-state index contributed by atoms with van der Waals surface area (Å²) in [5.74, 6) is -1.33. The lowest BCUT2D eigenvalue weighted by Gasteiger charge is -2.31. The first-order chi connectivity index (χ1) is 18.4. The van der Waals surface area contributed by atoms with E-state index in [0.29, 0.717) is 13.0 Å². The molecule has 2 aromatic rings. The third-order valence-electron chi connectivity index (χ3n) is 6.38. The molecular weight excluding hydrogens is 533 g/mol. The second-order valence-corrected chi connectivity index (χ2v) is 14.4. The molecule has 10 heteroatoms. The maximum atomic E-state index is 13.8. The second kappa shape index (κ2) is 12.3. The number of carbonyl (C=O) groups is 2. The van der Waals surface area contributed by atoms with Crippen LogP contribution in [0.5, 0.6) is 0 Å². The maximum Gasteiger partial charge on any atom is 0.308 e. The summed E-state index contributed by atoms with van der Waals surface area (Å²) in [6.07, 6.45) is 0.765. The highest BCUT2D eigenvalue weighted by molar-refractivity contribution is 7.89. The van der Waals surface area contributed by atoms with Gasteiger partial charge in [0.15, 0.2) is 0 Å². The molecule has 0 radical (unpaired) electrons. The minimum atomic E-state index is -4.00. The van der Waals surface area contributed by atoms with Crippen LogP contribution in [0.1, 0.15) is 65.5 Å². The van der Waals surface area contributed by atoms with E-state index in [4.69, 9.17) is 4.74 Å². The quantitative estimate of drug-likeness (QED) is 0.405. The van der Waals surface area contributed by atoms with E-state index in [1.54, 1.807) is 52.0 Å². The number of carbonyl (C=O) groups excluding carboxylic acids is 2. The molecule has 0 fully saturated rings. The fraction of sp³-hybridized carbons (Fsp3) is 0.533. The number of amides is 1. The third kappa shape index (κ3) is 9.30. The minimum Gasteiger partial charge on any atom is -0.460 e. The maximum absolute atomic E-state index is 13.8. The van der Waals surface area contributed by atoms with E-state index >= 15 is 0 Å². The normalized spacial score (nSPS) is 15.3. The van der Waals surface area contributed by atoms with Crippen LogP contribution >= 0.6 is 0 Å². The van der Waals surface area contributed by atoms with Gasteiger partial charge >= 0.3 is 5.97 Å². The van der Waals surface area contributed by atoms with Gasteiger partial charge in [-0.25, -0.2) is 12.8 Å². The molecule has 220 valence electrons. The average molecular weight is 576 g/mol. The van der Waals surface area contributed by atoms with Gasteiger partial charge in [-0.1, -0.05) is 32.9 Å². The number of hydrogen-bond acceptors (Lipinski definition) is 6. The summed E-state index contributed by atoms with van der Waals surface area (Å²) in [5.41, 5.74) is 1.40. The van der Waals surface area contributed by atoms with Crippen molar-refractivity contribution >= 4 is 27.6 Å². The van der Waals surface area contributed by atoms with Crippen LogP contribution in [0.15, 0.2) is 47.4 Å². The molecule has 0 aliphatic carbocycles. The monoisotopic (exact) mass is 575 g/mol. The Hall–Kier alpha value is -2.98. The number of hydrogen-bond donors (Lipinski definition) is 2. The standard InChI is InChI=1S/C30H42FN3O5S/c1-20-9-8-10-24(15-20)40(37,38)33-25(18-29(2,3)4)28(36)32-23(17-27(35)39-30(5,6)7)19-34-14-13-21-16-22(31)11-12-26(21)34/h8-12,15-16,23,25,33H,13-14,17-19H2,1-7H3,(H,32,36)/t23-,25-/m0/s1. The molecule has 2 N–H and O–H groups in total. The Morgan fingerprint density at radius 1 is 1.07 bits per heavy atom. The summed E-state index contributed by atoms with van der Waals surface area (Å²) in [4.78, 5) is 28.6. The predicted molar refractivity (Wildman–Crippen MR) is 154 cm³/mol. The Morgan fingerprint density at radius 2 is 1.77 bits per heavy atom. The number of benzene rings is 2. The predicted octanol–water partition coefficient (Wildman–Crippen LogP) is 4.50. The molecule has 0 saturated heterocycles. The van der Waals surface area contributed by atoms with Gasteiger partial charge < -0.3 is 15.0 Å². The van der Waals surface area contributed by atoms with Gasteiger partial charge in [0.25, 0.3) is 0 Å². The van der Waals surface area contributed by atoms with Crippen molar-refractivity contribution in [3.63, 3.8) is 0 Å². The molecule has 2 atom stereocenters. The van der Waals surface area contributed by atoms with Crippen molar-refractivity contribution in [2.75, 3.05) is 18.0 Å². The van der Waals surface area contributed by atoms with Crippen LogP contribution < -0.4 is 14.9 Å². The Bertz CT molecular complexity index is 1330. The van der Waals surface area contributed by atoms with E-state index < -0.39 is 39.6 Å². The van der Waals surface area contributed by atoms with Crippen molar-refractivity contribution in [1.82, 2.24) is 10.0 Å². The zero-order valence-corrected chi connectivity index (χ0v) is 25.3. The molecule has 2 aromatic carbocycles. The van der Waals surface area contributed by atoms with Crippen LogP contribution in [0.25, 0.3) is 0 Å².